The molecule has 1 saturated heterocycles. The van der Waals surface area contributed by atoms with Gasteiger partial charge >= 0.3 is 12.0 Å². The molecule has 0 spiro atoms. The van der Waals surface area contributed by atoms with E-state index in [0.717, 1.165) is 23.1 Å². The molecule has 0 aliphatic carbocycles. The van der Waals surface area contributed by atoms with Gasteiger partial charge in [0.1, 0.15) is 0 Å². The van der Waals surface area contributed by atoms with Crippen LogP contribution in [0.5, 0.6) is 0 Å². The Bertz CT molecular complexity index is 900. The van der Waals surface area contributed by atoms with Gasteiger partial charge in [0.05, 0.1) is 6.42 Å². The van der Waals surface area contributed by atoms with E-state index in [1.807, 2.05) is 57.2 Å². The molecule has 31 heavy (non-hydrogen) atoms. The van der Waals surface area contributed by atoms with Gasteiger partial charge in [0, 0.05) is 37.1 Å². The van der Waals surface area contributed by atoms with Crippen molar-refractivity contribution in [1.82, 2.24) is 9.80 Å². The maximum absolute atomic E-state index is 13.2. The van der Waals surface area contributed by atoms with Crippen molar-refractivity contribution < 1.29 is 14.7 Å². The van der Waals surface area contributed by atoms with Crippen LogP contribution in [0.2, 0.25) is 5.02 Å². The maximum atomic E-state index is 13.2. The molecule has 1 atom stereocenters. The lowest BCUT2D eigenvalue weighted by molar-refractivity contribution is -0.138. The number of carboxylic acids is 1. The smallest absolute Gasteiger partial charge is 0.320 e. The quantitative estimate of drug-likeness (QED) is 0.590. The number of carbonyl (C=O) groups is 2. The van der Waals surface area contributed by atoms with Crippen molar-refractivity contribution in [1.29, 1.82) is 0 Å². The van der Waals surface area contributed by atoms with E-state index in [0.29, 0.717) is 31.2 Å². The second-order valence-electron chi connectivity index (χ2n) is 7.72. The third-order valence-corrected chi connectivity index (χ3v) is 5.74. The van der Waals surface area contributed by atoms with Crippen LogP contribution >= 0.6 is 11.6 Å². The largest absolute Gasteiger partial charge is 0.481 e. The van der Waals surface area contributed by atoms with Gasteiger partial charge in [-0.15, -0.1) is 0 Å². The maximum Gasteiger partial charge on any atom is 0.320 e. The number of aliphatic carboxylic acids is 1. The third kappa shape index (κ3) is 6.73. The first-order chi connectivity index (χ1) is 14.9. The average molecular weight is 445 g/mol. The molecule has 2 aromatic rings. The number of hydrogen-bond acceptors (Lipinski definition) is 2. The summed E-state index contributed by atoms with van der Waals surface area (Å²) in [5.74, 6) is -0.963. The van der Waals surface area contributed by atoms with E-state index < -0.39 is 5.97 Å². The summed E-state index contributed by atoms with van der Waals surface area (Å²) < 4.78 is 0. The zero-order chi connectivity index (χ0) is 23.0. The normalized spacial score (nSPS) is 16.0. The zero-order valence-corrected chi connectivity index (χ0v) is 19.7. The van der Waals surface area contributed by atoms with E-state index >= 15 is 0 Å². The first-order valence-electron chi connectivity index (χ1n) is 10.9. The molecular weight excluding hydrogens is 412 g/mol. The van der Waals surface area contributed by atoms with E-state index in [1.165, 1.54) is 5.56 Å². The van der Waals surface area contributed by atoms with Crippen molar-refractivity contribution in [3.8, 4) is 0 Å². The molecule has 0 bridgehead atoms. The van der Waals surface area contributed by atoms with E-state index in [4.69, 9.17) is 11.6 Å². The molecule has 1 aliphatic rings. The number of urea groups is 1. The molecule has 1 unspecified atom stereocenters. The van der Waals surface area contributed by atoms with E-state index in [1.54, 1.807) is 9.80 Å². The molecule has 2 aromatic carbocycles. The second-order valence-corrected chi connectivity index (χ2v) is 8.13. The Labute approximate surface area is 190 Å². The Morgan fingerprint density at radius 1 is 1.03 bits per heavy atom. The lowest BCUT2D eigenvalue weighted by atomic mass is 9.99. The fourth-order valence-corrected chi connectivity index (χ4v) is 4.22. The fourth-order valence-electron chi connectivity index (χ4n) is 3.93. The number of rotatable bonds is 7. The highest BCUT2D eigenvalue weighted by molar-refractivity contribution is 6.31. The first kappa shape index (κ1) is 24.7. The van der Waals surface area contributed by atoms with Crippen LogP contribution in [-0.4, -0.2) is 40.0 Å². The first-order valence-corrected chi connectivity index (χ1v) is 11.3. The zero-order valence-electron chi connectivity index (χ0n) is 18.9. The van der Waals surface area contributed by atoms with Crippen molar-refractivity contribution in [2.75, 3.05) is 13.1 Å². The number of aryl methyl sites for hydroxylation is 2. The van der Waals surface area contributed by atoms with Crippen LogP contribution in [0.25, 0.3) is 0 Å². The van der Waals surface area contributed by atoms with Gasteiger partial charge in [0.25, 0.3) is 0 Å². The molecule has 6 heteroatoms. The lowest BCUT2D eigenvalue weighted by Crippen LogP contribution is -2.53. The molecule has 1 N–H and O–H groups in total. The molecule has 0 saturated carbocycles. The number of halogens is 1. The van der Waals surface area contributed by atoms with Gasteiger partial charge in [-0.3, -0.25) is 4.79 Å². The SMILES string of the molecule is CC.CCc1ccccc1CN1CC(CC(=O)O)CN(Cc2ccc(C)cc2Cl)C1=O. The minimum atomic E-state index is -0.841. The number of benzene rings is 2. The minimum absolute atomic E-state index is 0.0390. The summed E-state index contributed by atoms with van der Waals surface area (Å²) >= 11 is 6.38. The Morgan fingerprint density at radius 3 is 2.16 bits per heavy atom. The Hall–Kier alpha value is -2.53. The van der Waals surface area contributed by atoms with Crippen LogP contribution in [-0.2, 0) is 24.3 Å². The minimum Gasteiger partial charge on any atom is -0.481 e. The molecule has 1 heterocycles. The summed E-state index contributed by atoms with van der Waals surface area (Å²) in [6.45, 7) is 9.78. The van der Waals surface area contributed by atoms with Crippen molar-refractivity contribution >= 4 is 23.6 Å². The summed E-state index contributed by atoms with van der Waals surface area (Å²) in [5.41, 5.74) is 4.24. The van der Waals surface area contributed by atoms with Crippen LogP contribution < -0.4 is 0 Å². The molecule has 1 aliphatic heterocycles. The molecule has 1 fully saturated rings. The monoisotopic (exact) mass is 444 g/mol. The fraction of sp³-hybridized carbons (Fsp3) is 0.440. The Morgan fingerprint density at radius 2 is 1.61 bits per heavy atom. The van der Waals surface area contributed by atoms with E-state index in [9.17, 15) is 14.7 Å². The van der Waals surface area contributed by atoms with Crippen LogP contribution in [0.3, 0.4) is 0 Å². The third-order valence-electron chi connectivity index (χ3n) is 5.39. The summed E-state index contributed by atoms with van der Waals surface area (Å²) in [6, 6.07) is 13.8. The topological polar surface area (TPSA) is 60.9 Å². The highest BCUT2D eigenvalue weighted by atomic mass is 35.5. The van der Waals surface area contributed by atoms with E-state index in [-0.39, 0.29) is 18.4 Å². The summed E-state index contributed by atoms with van der Waals surface area (Å²) in [7, 11) is 0. The highest BCUT2D eigenvalue weighted by Gasteiger charge is 2.33. The second kappa shape index (κ2) is 11.8. The van der Waals surface area contributed by atoms with Gasteiger partial charge in [-0.25, -0.2) is 4.79 Å². The molecule has 2 amide bonds. The highest BCUT2D eigenvalue weighted by Crippen LogP contribution is 2.25. The summed E-state index contributed by atoms with van der Waals surface area (Å²) in [6.07, 6.45) is 0.927. The van der Waals surface area contributed by atoms with Crippen LogP contribution in [0.4, 0.5) is 4.79 Å². The number of carboxylic acid groups (broad SMARTS) is 1. The van der Waals surface area contributed by atoms with Gasteiger partial charge < -0.3 is 14.9 Å². The van der Waals surface area contributed by atoms with E-state index in [2.05, 4.69) is 13.0 Å². The predicted octanol–water partition coefficient (Wildman–Crippen LogP) is 5.77. The lowest BCUT2D eigenvalue weighted by Gasteiger charge is -2.40. The van der Waals surface area contributed by atoms with Gasteiger partial charge in [-0.1, -0.05) is 68.8 Å². The molecule has 5 nitrogen and oxygen atoms in total. The van der Waals surface area contributed by atoms with Crippen molar-refractivity contribution in [2.24, 2.45) is 5.92 Å². The number of hydrogen-bond donors (Lipinski definition) is 1. The standard InChI is InChI=1S/C23H27ClN2O3.C2H6/c1-3-18-6-4-5-7-19(18)14-25-12-17(11-22(27)28)13-26(23(25)29)15-20-9-8-16(2)10-21(20)24;1-2/h4-10,17H,3,11-15H2,1-2H3,(H,27,28);1-2H3. The number of nitrogens with zero attached hydrogens (tertiary/aromatic N) is 2. The van der Waals surface area contributed by atoms with Gasteiger partial charge in [0.15, 0.2) is 0 Å². The average Bonchev–Trinajstić information content (AvgIpc) is 2.74. The number of carbonyl (C=O) groups excluding carboxylic acids is 1. The molecule has 0 aromatic heterocycles. The van der Waals surface area contributed by atoms with Crippen LogP contribution in [0.1, 0.15) is 49.4 Å². The van der Waals surface area contributed by atoms with Crippen molar-refractivity contribution in [2.45, 2.75) is 53.6 Å². The number of amides is 2. The summed E-state index contributed by atoms with van der Waals surface area (Å²) in [4.78, 5) is 28.0. The molecular formula is C25H33ClN2O3. The van der Waals surface area contributed by atoms with Crippen LogP contribution in [0.15, 0.2) is 42.5 Å². The van der Waals surface area contributed by atoms with Gasteiger partial charge in [0.2, 0.25) is 0 Å². The van der Waals surface area contributed by atoms with Crippen molar-refractivity contribution in [3.05, 3.63) is 69.7 Å². The molecule has 168 valence electrons. The Kier molecular flexibility index (Phi) is 9.38. The molecule has 0 radical (unpaired) electrons. The molecule has 3 rings (SSSR count). The van der Waals surface area contributed by atoms with Crippen LogP contribution in [0, 0.1) is 12.8 Å². The van der Waals surface area contributed by atoms with Gasteiger partial charge in [-0.2, -0.15) is 0 Å². The Balaban J connectivity index is 0.00000166. The summed E-state index contributed by atoms with van der Waals surface area (Å²) in [5, 5.41) is 9.92. The van der Waals surface area contributed by atoms with Gasteiger partial charge in [-0.05, 0) is 41.7 Å². The predicted molar refractivity (Wildman–Crippen MR) is 125 cm³/mol. The van der Waals surface area contributed by atoms with Crippen molar-refractivity contribution in [3.63, 3.8) is 0 Å².